The molecule has 0 unspecified atom stereocenters. The average molecular weight is 537 g/mol. The zero-order valence-electron chi connectivity index (χ0n) is 19.3. The first-order valence-corrected chi connectivity index (χ1v) is 14.5. The van der Waals surface area contributed by atoms with Crippen LogP contribution in [0.5, 0.6) is 0 Å². The second-order valence-corrected chi connectivity index (χ2v) is 11.7. The second-order valence-electron chi connectivity index (χ2n) is 7.62. The molecule has 0 aliphatic carbocycles. The minimum Gasteiger partial charge on any atom is -0.324 e. The van der Waals surface area contributed by atoms with E-state index in [0.29, 0.717) is 17.5 Å². The molecule has 0 atom stereocenters. The number of anilines is 1. The second kappa shape index (κ2) is 12.1. The van der Waals surface area contributed by atoms with E-state index in [1.54, 1.807) is 52.7 Å². The van der Waals surface area contributed by atoms with Crippen LogP contribution in [0, 0.1) is 0 Å². The number of nitrogens with zero attached hydrogens (tertiary/aromatic N) is 3. The highest BCUT2D eigenvalue weighted by Crippen LogP contribution is 2.33. The van der Waals surface area contributed by atoms with Crippen LogP contribution in [0.15, 0.2) is 117 Å². The van der Waals surface area contributed by atoms with Gasteiger partial charge in [-0.3, -0.25) is 4.79 Å². The molecule has 0 radical (unpaired) electrons. The van der Waals surface area contributed by atoms with Crippen LogP contribution in [0.1, 0.15) is 5.82 Å². The first-order valence-electron chi connectivity index (χ1n) is 11.0. The van der Waals surface area contributed by atoms with Crippen LogP contribution >= 0.6 is 23.5 Å². The Bertz CT molecular complexity index is 1440. The fourth-order valence-electron chi connectivity index (χ4n) is 3.32. The number of allylic oxidation sites excluding steroid dienone is 1. The fourth-order valence-corrected chi connectivity index (χ4v) is 6.30. The van der Waals surface area contributed by atoms with Crippen LogP contribution in [0.25, 0.3) is 0 Å². The molecule has 184 valence electrons. The Morgan fingerprint density at radius 2 is 1.61 bits per heavy atom. The molecule has 0 aliphatic heterocycles. The molecule has 0 saturated carbocycles. The normalized spacial score (nSPS) is 11.2. The predicted octanol–water partition coefficient (Wildman–Crippen LogP) is 5.32. The van der Waals surface area contributed by atoms with Crippen molar-refractivity contribution in [3.8, 4) is 0 Å². The molecule has 0 bridgehead atoms. The molecule has 0 fully saturated rings. The lowest BCUT2D eigenvalue weighted by Gasteiger charge is -2.11. The number of hydrogen-bond donors (Lipinski definition) is 1. The van der Waals surface area contributed by atoms with Gasteiger partial charge in [-0.25, -0.2) is 8.42 Å². The molecule has 1 heterocycles. The van der Waals surface area contributed by atoms with Crippen molar-refractivity contribution < 1.29 is 13.2 Å². The Labute approximate surface area is 219 Å². The first kappa shape index (κ1) is 25.7. The number of rotatable bonds is 11. The van der Waals surface area contributed by atoms with E-state index in [-0.39, 0.29) is 22.3 Å². The summed E-state index contributed by atoms with van der Waals surface area (Å²) < 4.78 is 27.3. The van der Waals surface area contributed by atoms with E-state index in [2.05, 4.69) is 22.1 Å². The van der Waals surface area contributed by atoms with Gasteiger partial charge >= 0.3 is 0 Å². The van der Waals surface area contributed by atoms with E-state index in [1.807, 2.05) is 54.6 Å². The number of sulfone groups is 1. The summed E-state index contributed by atoms with van der Waals surface area (Å²) in [7, 11) is -3.59. The average Bonchev–Trinajstić information content (AvgIpc) is 3.25. The molecule has 4 rings (SSSR count). The van der Waals surface area contributed by atoms with E-state index in [4.69, 9.17) is 0 Å². The van der Waals surface area contributed by atoms with E-state index in [0.717, 1.165) is 15.5 Å². The number of para-hydroxylation sites is 1. The maximum Gasteiger partial charge on any atom is 0.234 e. The number of hydrogen-bond acceptors (Lipinski definition) is 7. The summed E-state index contributed by atoms with van der Waals surface area (Å²) in [6, 6.07) is 25.8. The number of aromatic nitrogens is 3. The van der Waals surface area contributed by atoms with E-state index in [9.17, 15) is 13.2 Å². The van der Waals surface area contributed by atoms with Gasteiger partial charge in [0.25, 0.3) is 0 Å². The number of carbonyl (C=O) groups excluding carboxylic acids is 1. The molecular weight excluding hydrogens is 513 g/mol. The van der Waals surface area contributed by atoms with Crippen molar-refractivity contribution in [1.82, 2.24) is 14.8 Å². The summed E-state index contributed by atoms with van der Waals surface area (Å²) in [6.45, 7) is 4.08. The molecule has 3 aromatic carbocycles. The lowest BCUT2D eigenvalue weighted by Crippen LogP contribution is -2.15. The first-order chi connectivity index (χ1) is 17.5. The van der Waals surface area contributed by atoms with Gasteiger partial charge in [0.05, 0.1) is 16.3 Å². The highest BCUT2D eigenvalue weighted by molar-refractivity contribution is 8.00. The molecule has 36 heavy (non-hydrogen) atoms. The summed E-state index contributed by atoms with van der Waals surface area (Å²) in [6.07, 6.45) is 1.64. The summed E-state index contributed by atoms with van der Waals surface area (Å²) in [5, 5.41) is 11.7. The van der Waals surface area contributed by atoms with Gasteiger partial charge in [0, 0.05) is 16.3 Å². The fraction of sp³-hybridized carbons (Fsp3) is 0.115. The smallest absolute Gasteiger partial charge is 0.234 e. The van der Waals surface area contributed by atoms with Crippen LogP contribution in [0.3, 0.4) is 0 Å². The van der Waals surface area contributed by atoms with Crippen molar-refractivity contribution in [2.45, 2.75) is 32.1 Å². The molecule has 1 amide bonds. The Kier molecular flexibility index (Phi) is 8.63. The van der Waals surface area contributed by atoms with Crippen molar-refractivity contribution in [2.24, 2.45) is 0 Å². The Hall–Kier alpha value is -3.34. The number of carbonyl (C=O) groups is 1. The lowest BCUT2D eigenvalue weighted by molar-refractivity contribution is -0.113. The predicted molar refractivity (Wildman–Crippen MR) is 144 cm³/mol. The van der Waals surface area contributed by atoms with Gasteiger partial charge < -0.3 is 9.88 Å². The number of benzene rings is 3. The number of thioether (sulfide) groups is 1. The summed E-state index contributed by atoms with van der Waals surface area (Å²) in [5.41, 5.74) is 0.721. The van der Waals surface area contributed by atoms with Gasteiger partial charge in [-0.15, -0.1) is 16.8 Å². The van der Waals surface area contributed by atoms with Crippen molar-refractivity contribution in [2.75, 3.05) is 11.1 Å². The monoisotopic (exact) mass is 536 g/mol. The van der Waals surface area contributed by atoms with Crippen molar-refractivity contribution >= 4 is 45.0 Å². The summed E-state index contributed by atoms with van der Waals surface area (Å²) in [5.74, 6) is -0.112. The van der Waals surface area contributed by atoms with Crippen LogP contribution in [0.4, 0.5) is 5.69 Å². The lowest BCUT2D eigenvalue weighted by atomic mass is 10.3. The largest absolute Gasteiger partial charge is 0.324 e. The molecule has 4 aromatic rings. The Balaban J connectivity index is 1.43. The third kappa shape index (κ3) is 6.66. The van der Waals surface area contributed by atoms with Crippen LogP contribution < -0.4 is 5.32 Å². The third-order valence-electron chi connectivity index (χ3n) is 4.99. The van der Waals surface area contributed by atoms with Crippen LogP contribution in [0.2, 0.25) is 0 Å². The van der Waals surface area contributed by atoms with E-state index >= 15 is 0 Å². The van der Waals surface area contributed by atoms with Crippen LogP contribution in [-0.4, -0.2) is 34.8 Å². The highest BCUT2D eigenvalue weighted by atomic mass is 32.2. The summed E-state index contributed by atoms with van der Waals surface area (Å²) in [4.78, 5) is 15.0. The molecule has 1 N–H and O–H groups in total. The van der Waals surface area contributed by atoms with Gasteiger partial charge in [0.1, 0.15) is 11.6 Å². The molecule has 10 heteroatoms. The van der Waals surface area contributed by atoms with E-state index < -0.39 is 9.84 Å². The third-order valence-corrected chi connectivity index (χ3v) is 8.67. The van der Waals surface area contributed by atoms with Crippen molar-refractivity contribution in [3.63, 3.8) is 0 Å². The van der Waals surface area contributed by atoms with Crippen molar-refractivity contribution in [1.29, 1.82) is 0 Å². The maximum atomic E-state index is 12.8. The topological polar surface area (TPSA) is 93.9 Å². The zero-order valence-corrected chi connectivity index (χ0v) is 21.7. The molecule has 0 spiro atoms. The quantitative estimate of drug-likeness (QED) is 0.205. The van der Waals surface area contributed by atoms with Crippen molar-refractivity contribution in [3.05, 3.63) is 103 Å². The standard InChI is InChI=1S/C26H24N4O3S3/c1-2-17-30-24(19-36(32,33)21-13-7-4-8-14-21)28-29-26(30)34-18-25(31)27-22-15-9-10-16-23(22)35-20-11-5-3-6-12-20/h2-16H,1,17-19H2,(H,27,31). The maximum absolute atomic E-state index is 12.8. The molecule has 0 aliphatic rings. The molecule has 1 aromatic heterocycles. The van der Waals surface area contributed by atoms with Gasteiger partial charge in [-0.05, 0) is 36.4 Å². The van der Waals surface area contributed by atoms with Gasteiger partial charge in [0.15, 0.2) is 15.0 Å². The van der Waals surface area contributed by atoms with Gasteiger partial charge in [-0.1, -0.05) is 78.1 Å². The summed E-state index contributed by atoms with van der Waals surface area (Å²) >= 11 is 2.77. The van der Waals surface area contributed by atoms with Gasteiger partial charge in [0.2, 0.25) is 5.91 Å². The highest BCUT2D eigenvalue weighted by Gasteiger charge is 2.21. The van der Waals surface area contributed by atoms with E-state index in [1.165, 1.54) is 11.8 Å². The molecule has 7 nitrogen and oxygen atoms in total. The Morgan fingerprint density at radius 1 is 0.944 bits per heavy atom. The Morgan fingerprint density at radius 3 is 2.33 bits per heavy atom. The minimum atomic E-state index is -3.59. The number of nitrogens with one attached hydrogen (secondary N) is 1. The molecular formula is C26H24N4O3S3. The zero-order chi connectivity index (χ0) is 25.4. The van der Waals surface area contributed by atoms with Crippen LogP contribution in [-0.2, 0) is 26.9 Å². The SMILES string of the molecule is C=CCn1c(CS(=O)(=O)c2ccccc2)nnc1SCC(=O)Nc1ccccc1Sc1ccccc1. The molecule has 0 saturated heterocycles. The van der Waals surface area contributed by atoms with Gasteiger partial charge in [-0.2, -0.15) is 0 Å². The minimum absolute atomic E-state index is 0.0883. The number of amides is 1.